The van der Waals surface area contributed by atoms with Crippen LogP contribution in [0.25, 0.3) is 0 Å². The summed E-state index contributed by atoms with van der Waals surface area (Å²) in [6, 6.07) is 1.51. The van der Waals surface area contributed by atoms with E-state index >= 15 is 0 Å². The lowest BCUT2D eigenvalue weighted by Gasteiger charge is -2.22. The predicted octanol–water partition coefficient (Wildman–Crippen LogP) is 1.49. The zero-order chi connectivity index (χ0) is 11.1. The first-order valence-electron chi connectivity index (χ1n) is 6.18. The van der Waals surface area contributed by atoms with Crippen molar-refractivity contribution in [1.82, 2.24) is 10.2 Å². The van der Waals surface area contributed by atoms with Crippen LogP contribution in [0.15, 0.2) is 0 Å². The number of rotatable bonds is 9. The molecule has 0 radical (unpaired) electrons. The van der Waals surface area contributed by atoms with Gasteiger partial charge in [-0.15, -0.1) is 0 Å². The molecule has 15 heavy (non-hydrogen) atoms. The minimum Gasteiger partial charge on any atom is -0.383 e. The average Bonchev–Trinajstić information content (AvgIpc) is 3.06. The Bertz CT molecular complexity index is 160. The molecule has 90 valence electrons. The number of ether oxygens (including phenoxy) is 1. The van der Waals surface area contributed by atoms with Crippen LogP contribution in [0.2, 0.25) is 0 Å². The Labute approximate surface area is 94.2 Å². The molecule has 1 aliphatic carbocycles. The molecule has 0 aromatic rings. The molecule has 1 rings (SSSR count). The molecule has 0 spiro atoms. The fourth-order valence-electron chi connectivity index (χ4n) is 1.87. The van der Waals surface area contributed by atoms with E-state index in [4.69, 9.17) is 4.74 Å². The van der Waals surface area contributed by atoms with E-state index in [1.165, 1.54) is 32.2 Å². The Kier molecular flexibility index (Phi) is 6.22. The third-order valence-corrected chi connectivity index (χ3v) is 3.22. The van der Waals surface area contributed by atoms with Crippen LogP contribution in [0.1, 0.15) is 32.6 Å². The highest BCUT2D eigenvalue weighted by atomic mass is 16.5. The average molecular weight is 214 g/mol. The summed E-state index contributed by atoms with van der Waals surface area (Å²) in [5.41, 5.74) is 0. The fraction of sp³-hybridized carbons (Fsp3) is 1.00. The molecule has 1 fully saturated rings. The van der Waals surface area contributed by atoms with Gasteiger partial charge in [0.25, 0.3) is 0 Å². The summed E-state index contributed by atoms with van der Waals surface area (Å²) in [4.78, 5) is 2.59. The summed E-state index contributed by atoms with van der Waals surface area (Å²) in [7, 11) is 3.82. The second kappa shape index (κ2) is 7.20. The van der Waals surface area contributed by atoms with Crippen molar-refractivity contribution in [2.24, 2.45) is 0 Å². The molecule has 0 saturated heterocycles. The lowest BCUT2D eigenvalue weighted by Crippen LogP contribution is -2.31. The highest BCUT2D eigenvalue weighted by molar-refractivity contribution is 4.84. The number of hydrogen-bond acceptors (Lipinski definition) is 3. The summed E-state index contributed by atoms with van der Waals surface area (Å²) in [6.45, 7) is 5.46. The molecule has 3 nitrogen and oxygen atoms in total. The van der Waals surface area contributed by atoms with Crippen molar-refractivity contribution in [2.75, 3.05) is 33.9 Å². The normalized spacial score (nSPS) is 18.4. The number of nitrogens with zero attached hydrogens (tertiary/aromatic N) is 1. The van der Waals surface area contributed by atoms with E-state index < -0.39 is 0 Å². The molecule has 0 amide bonds. The van der Waals surface area contributed by atoms with Gasteiger partial charge in [0.2, 0.25) is 0 Å². The number of methoxy groups -OCH3 is 1. The molecule has 0 heterocycles. The maximum absolute atomic E-state index is 5.14. The predicted molar refractivity (Wildman–Crippen MR) is 64.2 cm³/mol. The first-order chi connectivity index (χ1) is 7.27. The van der Waals surface area contributed by atoms with Gasteiger partial charge in [-0.2, -0.15) is 0 Å². The lowest BCUT2D eigenvalue weighted by atomic mass is 10.2. The second-order valence-electron chi connectivity index (χ2n) is 4.59. The Morgan fingerprint density at radius 2 is 2.13 bits per heavy atom. The smallest absolute Gasteiger partial charge is 0.0589 e. The molecule has 0 aliphatic heterocycles. The van der Waals surface area contributed by atoms with Crippen molar-refractivity contribution in [3.05, 3.63) is 0 Å². The van der Waals surface area contributed by atoms with Crippen LogP contribution in [0.3, 0.4) is 0 Å². The van der Waals surface area contributed by atoms with Crippen LogP contribution in [0.4, 0.5) is 0 Å². The van der Waals surface area contributed by atoms with E-state index in [-0.39, 0.29) is 0 Å². The van der Waals surface area contributed by atoms with E-state index in [0.717, 1.165) is 19.2 Å². The summed E-state index contributed by atoms with van der Waals surface area (Å²) in [5.74, 6) is 0. The number of hydrogen-bond donors (Lipinski definition) is 1. The van der Waals surface area contributed by atoms with E-state index in [1.807, 2.05) is 7.05 Å². The Morgan fingerprint density at radius 3 is 2.67 bits per heavy atom. The van der Waals surface area contributed by atoms with Crippen molar-refractivity contribution in [3.8, 4) is 0 Å². The summed E-state index contributed by atoms with van der Waals surface area (Å²) in [6.07, 6.45) is 5.35. The van der Waals surface area contributed by atoms with Crippen LogP contribution in [-0.4, -0.2) is 50.8 Å². The summed E-state index contributed by atoms with van der Waals surface area (Å²) in [5, 5.41) is 3.28. The van der Waals surface area contributed by atoms with E-state index in [2.05, 4.69) is 17.1 Å². The third kappa shape index (κ3) is 5.50. The van der Waals surface area contributed by atoms with Crippen LogP contribution in [0.5, 0.6) is 0 Å². The van der Waals surface area contributed by atoms with Crippen LogP contribution < -0.4 is 5.32 Å². The molecule has 3 heteroatoms. The summed E-state index contributed by atoms with van der Waals surface area (Å²) >= 11 is 0. The molecule has 0 aromatic heterocycles. The highest BCUT2D eigenvalue weighted by Crippen LogP contribution is 2.26. The van der Waals surface area contributed by atoms with E-state index in [1.54, 1.807) is 7.11 Å². The largest absolute Gasteiger partial charge is 0.383 e. The standard InChI is InChI=1S/C12H26N2O/c1-11(13-2)5-4-8-14(9-10-15-3)12-6-7-12/h11-13H,4-10H2,1-3H3. The van der Waals surface area contributed by atoms with Crippen molar-refractivity contribution in [1.29, 1.82) is 0 Å². The fourth-order valence-corrected chi connectivity index (χ4v) is 1.87. The quantitative estimate of drug-likeness (QED) is 0.629. The minimum absolute atomic E-state index is 0.647. The molecule has 0 aromatic carbocycles. The zero-order valence-corrected chi connectivity index (χ0v) is 10.5. The maximum Gasteiger partial charge on any atom is 0.0589 e. The van der Waals surface area contributed by atoms with Crippen molar-refractivity contribution < 1.29 is 4.74 Å². The third-order valence-electron chi connectivity index (χ3n) is 3.22. The molecule has 1 aliphatic rings. The van der Waals surface area contributed by atoms with Gasteiger partial charge in [-0.25, -0.2) is 0 Å². The molecule has 1 saturated carbocycles. The second-order valence-corrected chi connectivity index (χ2v) is 4.59. The van der Waals surface area contributed by atoms with Gasteiger partial charge in [0.1, 0.15) is 0 Å². The Hall–Kier alpha value is -0.120. The SMILES string of the molecule is CNC(C)CCCN(CCOC)C1CC1. The molecule has 1 unspecified atom stereocenters. The summed E-state index contributed by atoms with van der Waals surface area (Å²) < 4.78 is 5.14. The first kappa shape index (κ1) is 12.9. The monoisotopic (exact) mass is 214 g/mol. The van der Waals surface area contributed by atoms with Gasteiger partial charge in [-0.1, -0.05) is 0 Å². The van der Waals surface area contributed by atoms with Crippen molar-refractivity contribution in [3.63, 3.8) is 0 Å². The Balaban J connectivity index is 2.08. The number of nitrogens with one attached hydrogen (secondary N) is 1. The molecular weight excluding hydrogens is 188 g/mol. The van der Waals surface area contributed by atoms with Gasteiger partial charge in [0.15, 0.2) is 0 Å². The van der Waals surface area contributed by atoms with E-state index in [0.29, 0.717) is 6.04 Å². The van der Waals surface area contributed by atoms with Crippen LogP contribution >= 0.6 is 0 Å². The van der Waals surface area contributed by atoms with Crippen LogP contribution in [0, 0.1) is 0 Å². The molecular formula is C12H26N2O. The topological polar surface area (TPSA) is 24.5 Å². The molecule has 1 atom stereocenters. The van der Waals surface area contributed by atoms with Gasteiger partial charge in [-0.3, -0.25) is 4.90 Å². The van der Waals surface area contributed by atoms with Crippen LogP contribution in [-0.2, 0) is 4.74 Å². The highest BCUT2D eigenvalue weighted by Gasteiger charge is 2.27. The molecule has 1 N–H and O–H groups in total. The van der Waals surface area contributed by atoms with Crippen molar-refractivity contribution in [2.45, 2.75) is 44.7 Å². The van der Waals surface area contributed by atoms with Gasteiger partial charge < -0.3 is 10.1 Å². The van der Waals surface area contributed by atoms with Gasteiger partial charge in [-0.05, 0) is 46.2 Å². The Morgan fingerprint density at radius 1 is 1.40 bits per heavy atom. The minimum atomic E-state index is 0.647. The first-order valence-corrected chi connectivity index (χ1v) is 6.18. The van der Waals surface area contributed by atoms with Gasteiger partial charge in [0, 0.05) is 25.7 Å². The van der Waals surface area contributed by atoms with Gasteiger partial charge in [0.05, 0.1) is 6.61 Å². The zero-order valence-electron chi connectivity index (χ0n) is 10.5. The maximum atomic E-state index is 5.14. The molecule has 0 bridgehead atoms. The lowest BCUT2D eigenvalue weighted by molar-refractivity contribution is 0.141. The van der Waals surface area contributed by atoms with Crippen molar-refractivity contribution >= 4 is 0 Å². The van der Waals surface area contributed by atoms with E-state index in [9.17, 15) is 0 Å². The van der Waals surface area contributed by atoms with Gasteiger partial charge >= 0.3 is 0 Å².